The van der Waals surface area contributed by atoms with Gasteiger partial charge >= 0.3 is 0 Å². The fourth-order valence-corrected chi connectivity index (χ4v) is 3.09. The molecule has 0 fully saturated rings. The Balaban J connectivity index is 1.89. The van der Waals surface area contributed by atoms with Crippen molar-refractivity contribution >= 4 is 10.8 Å². The predicted molar refractivity (Wildman–Crippen MR) is 101 cm³/mol. The molecule has 3 heteroatoms. The van der Waals surface area contributed by atoms with Crippen molar-refractivity contribution in [3.8, 4) is 22.5 Å². The van der Waals surface area contributed by atoms with Gasteiger partial charge in [0.2, 0.25) is 0 Å². The molecule has 0 N–H and O–H groups in total. The van der Waals surface area contributed by atoms with Crippen molar-refractivity contribution < 1.29 is 4.42 Å². The zero-order valence-corrected chi connectivity index (χ0v) is 14.3. The average Bonchev–Trinajstić information content (AvgIpc) is 3.20. The molecule has 0 spiro atoms. The highest BCUT2D eigenvalue weighted by molar-refractivity contribution is 5.96. The van der Waals surface area contributed by atoms with Crippen LogP contribution in [-0.4, -0.2) is 9.97 Å². The number of hydrogen-bond acceptors (Lipinski definition) is 3. The van der Waals surface area contributed by atoms with Crippen molar-refractivity contribution in [1.29, 1.82) is 0 Å². The third-order valence-corrected chi connectivity index (χ3v) is 4.41. The van der Waals surface area contributed by atoms with Crippen LogP contribution < -0.4 is 0 Å². The summed E-state index contributed by atoms with van der Waals surface area (Å²) in [6.45, 7) is 2.19. The molecule has 3 nitrogen and oxygen atoms in total. The minimum absolute atomic E-state index is 0.889. The van der Waals surface area contributed by atoms with Gasteiger partial charge in [0.15, 0.2) is 0 Å². The summed E-state index contributed by atoms with van der Waals surface area (Å²) in [7, 11) is 0. The standard InChI is InChI=1S/C22H20N2O/c1-2-3-11-22-23-20(17-12-13-25-15-17)14-21(24-22)19-10-6-8-16-7-4-5-9-18(16)19/h4-10,12-15H,2-3,11H2,1H3. The summed E-state index contributed by atoms with van der Waals surface area (Å²) in [5.74, 6) is 0.892. The van der Waals surface area contributed by atoms with Gasteiger partial charge in [-0.05, 0) is 29.3 Å². The van der Waals surface area contributed by atoms with Crippen molar-refractivity contribution in [2.75, 3.05) is 0 Å². The maximum absolute atomic E-state index is 5.25. The lowest BCUT2D eigenvalue weighted by Gasteiger charge is -2.10. The Morgan fingerprint density at radius 3 is 2.60 bits per heavy atom. The largest absolute Gasteiger partial charge is 0.472 e. The highest BCUT2D eigenvalue weighted by Crippen LogP contribution is 2.30. The molecule has 2 aromatic carbocycles. The second-order valence-electron chi connectivity index (χ2n) is 6.20. The highest BCUT2D eigenvalue weighted by atomic mass is 16.3. The number of rotatable bonds is 5. The third-order valence-electron chi connectivity index (χ3n) is 4.41. The molecule has 0 bridgehead atoms. The molecule has 0 atom stereocenters. The molecular formula is C22H20N2O. The first-order chi connectivity index (χ1) is 12.3. The zero-order valence-electron chi connectivity index (χ0n) is 14.3. The van der Waals surface area contributed by atoms with Crippen LogP contribution in [0.1, 0.15) is 25.6 Å². The summed E-state index contributed by atoms with van der Waals surface area (Å²) in [5.41, 5.74) is 4.01. The maximum Gasteiger partial charge on any atom is 0.129 e. The van der Waals surface area contributed by atoms with Crippen molar-refractivity contribution in [3.05, 3.63) is 72.9 Å². The molecule has 0 unspecified atom stereocenters. The fraction of sp³-hybridized carbons (Fsp3) is 0.182. The summed E-state index contributed by atoms with van der Waals surface area (Å²) in [4.78, 5) is 9.61. The first-order valence-electron chi connectivity index (χ1n) is 8.74. The number of furan rings is 1. The van der Waals surface area contributed by atoms with Gasteiger partial charge in [-0.1, -0.05) is 55.8 Å². The van der Waals surface area contributed by atoms with Gasteiger partial charge in [0.05, 0.1) is 23.9 Å². The van der Waals surface area contributed by atoms with Gasteiger partial charge in [-0.15, -0.1) is 0 Å². The van der Waals surface area contributed by atoms with Gasteiger partial charge in [-0.3, -0.25) is 0 Å². The second kappa shape index (κ2) is 6.89. The molecule has 0 radical (unpaired) electrons. The van der Waals surface area contributed by atoms with Crippen LogP contribution in [0.5, 0.6) is 0 Å². The van der Waals surface area contributed by atoms with Crippen LogP contribution >= 0.6 is 0 Å². The Bertz CT molecular complexity index is 985. The zero-order chi connectivity index (χ0) is 17.1. The van der Waals surface area contributed by atoms with Gasteiger partial charge in [-0.2, -0.15) is 0 Å². The Hall–Kier alpha value is -2.94. The van der Waals surface area contributed by atoms with E-state index in [-0.39, 0.29) is 0 Å². The number of benzene rings is 2. The van der Waals surface area contributed by atoms with E-state index in [0.717, 1.165) is 47.6 Å². The Labute approximate surface area is 147 Å². The average molecular weight is 328 g/mol. The SMILES string of the molecule is CCCCc1nc(-c2ccoc2)cc(-c2cccc3ccccc23)n1. The lowest BCUT2D eigenvalue weighted by molar-refractivity contribution is 0.568. The Morgan fingerprint density at radius 1 is 0.920 bits per heavy atom. The van der Waals surface area contributed by atoms with E-state index in [1.807, 2.05) is 6.07 Å². The summed E-state index contributed by atoms with van der Waals surface area (Å²) in [5, 5.41) is 2.43. The van der Waals surface area contributed by atoms with Crippen molar-refractivity contribution in [3.63, 3.8) is 0 Å². The molecule has 0 aliphatic carbocycles. The Kier molecular flexibility index (Phi) is 4.30. The Morgan fingerprint density at radius 2 is 1.76 bits per heavy atom. The van der Waals surface area contributed by atoms with E-state index in [2.05, 4.69) is 55.5 Å². The van der Waals surface area contributed by atoms with Gasteiger partial charge in [0.1, 0.15) is 5.82 Å². The van der Waals surface area contributed by atoms with E-state index in [1.165, 1.54) is 10.8 Å². The smallest absolute Gasteiger partial charge is 0.129 e. The highest BCUT2D eigenvalue weighted by Gasteiger charge is 2.11. The molecule has 4 rings (SSSR count). The maximum atomic E-state index is 5.25. The van der Waals surface area contributed by atoms with Gasteiger partial charge in [0.25, 0.3) is 0 Å². The molecule has 4 aromatic rings. The number of fused-ring (bicyclic) bond motifs is 1. The summed E-state index contributed by atoms with van der Waals surface area (Å²) < 4.78 is 5.25. The molecule has 0 aliphatic rings. The van der Waals surface area contributed by atoms with Crippen molar-refractivity contribution in [2.24, 2.45) is 0 Å². The number of hydrogen-bond donors (Lipinski definition) is 0. The van der Waals surface area contributed by atoms with Crippen LogP contribution in [0, 0.1) is 0 Å². The third kappa shape index (κ3) is 3.18. The second-order valence-corrected chi connectivity index (χ2v) is 6.20. The van der Waals surface area contributed by atoms with Crippen LogP contribution in [0.3, 0.4) is 0 Å². The lowest BCUT2D eigenvalue weighted by Crippen LogP contribution is -1.99. The van der Waals surface area contributed by atoms with Crippen LogP contribution in [0.25, 0.3) is 33.3 Å². The topological polar surface area (TPSA) is 38.9 Å². The normalized spacial score (nSPS) is 11.1. The molecule has 2 heterocycles. The van der Waals surface area contributed by atoms with Gasteiger partial charge in [-0.25, -0.2) is 9.97 Å². The summed E-state index contributed by atoms with van der Waals surface area (Å²) in [6.07, 6.45) is 6.52. The van der Waals surface area contributed by atoms with E-state index in [1.54, 1.807) is 12.5 Å². The number of aromatic nitrogens is 2. The quantitative estimate of drug-likeness (QED) is 0.458. The molecule has 0 aliphatic heterocycles. The van der Waals surface area contributed by atoms with E-state index < -0.39 is 0 Å². The van der Waals surface area contributed by atoms with E-state index in [9.17, 15) is 0 Å². The minimum Gasteiger partial charge on any atom is -0.472 e. The van der Waals surface area contributed by atoms with E-state index in [4.69, 9.17) is 14.4 Å². The number of nitrogens with zero attached hydrogens (tertiary/aromatic N) is 2. The lowest BCUT2D eigenvalue weighted by atomic mass is 10.0. The minimum atomic E-state index is 0.889. The number of aryl methyl sites for hydroxylation is 1. The molecule has 0 saturated heterocycles. The van der Waals surface area contributed by atoms with Crippen LogP contribution in [0.2, 0.25) is 0 Å². The van der Waals surface area contributed by atoms with Gasteiger partial charge in [0, 0.05) is 17.5 Å². The fourth-order valence-electron chi connectivity index (χ4n) is 3.09. The molecule has 0 amide bonds. The first-order valence-corrected chi connectivity index (χ1v) is 8.74. The van der Waals surface area contributed by atoms with E-state index >= 15 is 0 Å². The van der Waals surface area contributed by atoms with E-state index in [0.29, 0.717) is 0 Å². The monoisotopic (exact) mass is 328 g/mol. The van der Waals surface area contributed by atoms with Crippen molar-refractivity contribution in [1.82, 2.24) is 9.97 Å². The first kappa shape index (κ1) is 15.6. The van der Waals surface area contributed by atoms with Crippen molar-refractivity contribution in [2.45, 2.75) is 26.2 Å². The van der Waals surface area contributed by atoms with Crippen LogP contribution in [0.4, 0.5) is 0 Å². The van der Waals surface area contributed by atoms with Crippen LogP contribution in [0.15, 0.2) is 71.5 Å². The predicted octanol–water partition coefficient (Wildman–Crippen LogP) is 5.90. The van der Waals surface area contributed by atoms with Crippen LogP contribution in [-0.2, 0) is 6.42 Å². The molecule has 2 aromatic heterocycles. The molecule has 25 heavy (non-hydrogen) atoms. The summed E-state index contributed by atoms with van der Waals surface area (Å²) in [6, 6.07) is 18.8. The number of unbranched alkanes of at least 4 members (excludes halogenated alkanes) is 1. The molecule has 124 valence electrons. The summed E-state index contributed by atoms with van der Waals surface area (Å²) >= 11 is 0. The van der Waals surface area contributed by atoms with Gasteiger partial charge < -0.3 is 4.42 Å². The molecule has 0 saturated carbocycles. The molecular weight excluding hydrogens is 308 g/mol.